The maximum absolute atomic E-state index is 11.6. The standard InChI is InChI=1S/C11H18N2O5S/c1-18-6-3-8(10(15)16)12-9(14)2-4-13-5-7-19-11(13)17/h8H,2-7H2,1H3,(H,12,14)(H,15,16). The number of carboxylic acid groups (broad SMARTS) is 1. The molecule has 0 aromatic heterocycles. The van der Waals surface area contributed by atoms with Gasteiger partial charge in [0.15, 0.2) is 0 Å². The number of amides is 2. The van der Waals surface area contributed by atoms with Gasteiger partial charge in [0, 0.05) is 45.4 Å². The van der Waals surface area contributed by atoms with Gasteiger partial charge in [-0.3, -0.25) is 9.59 Å². The molecular formula is C11H18N2O5S. The van der Waals surface area contributed by atoms with Crippen molar-refractivity contribution in [1.82, 2.24) is 10.2 Å². The van der Waals surface area contributed by atoms with Crippen molar-refractivity contribution in [1.29, 1.82) is 0 Å². The monoisotopic (exact) mass is 290 g/mol. The summed E-state index contributed by atoms with van der Waals surface area (Å²) in [5.41, 5.74) is 0. The topological polar surface area (TPSA) is 95.9 Å². The predicted octanol–water partition coefficient (Wildman–Crippen LogP) is 0.151. The van der Waals surface area contributed by atoms with Gasteiger partial charge in [-0.2, -0.15) is 0 Å². The lowest BCUT2D eigenvalue weighted by Gasteiger charge is -2.16. The lowest BCUT2D eigenvalue weighted by Crippen LogP contribution is -2.42. The minimum Gasteiger partial charge on any atom is -0.480 e. The fourth-order valence-electron chi connectivity index (χ4n) is 1.62. The molecule has 0 aromatic rings. The largest absolute Gasteiger partial charge is 0.480 e. The minimum atomic E-state index is -1.08. The molecule has 1 aliphatic rings. The van der Waals surface area contributed by atoms with Crippen molar-refractivity contribution in [2.45, 2.75) is 18.9 Å². The van der Waals surface area contributed by atoms with Crippen LogP contribution in [-0.2, 0) is 14.3 Å². The molecule has 1 unspecified atom stereocenters. The third-order valence-electron chi connectivity index (χ3n) is 2.70. The number of ether oxygens (including phenoxy) is 1. The predicted molar refractivity (Wildman–Crippen MR) is 70.1 cm³/mol. The van der Waals surface area contributed by atoms with E-state index in [1.807, 2.05) is 0 Å². The Morgan fingerprint density at radius 3 is 2.84 bits per heavy atom. The van der Waals surface area contributed by atoms with E-state index in [0.717, 1.165) is 5.75 Å². The first kappa shape index (κ1) is 15.8. The van der Waals surface area contributed by atoms with Crippen LogP contribution in [0.5, 0.6) is 0 Å². The molecule has 2 N–H and O–H groups in total. The van der Waals surface area contributed by atoms with E-state index in [1.165, 1.54) is 18.9 Å². The van der Waals surface area contributed by atoms with Gasteiger partial charge in [0.25, 0.3) is 5.24 Å². The van der Waals surface area contributed by atoms with Crippen LogP contribution in [0.15, 0.2) is 0 Å². The molecule has 0 radical (unpaired) electrons. The molecule has 0 bridgehead atoms. The third kappa shape index (κ3) is 5.48. The number of thioether (sulfide) groups is 1. The summed E-state index contributed by atoms with van der Waals surface area (Å²) in [4.78, 5) is 35.4. The summed E-state index contributed by atoms with van der Waals surface area (Å²) >= 11 is 1.23. The lowest BCUT2D eigenvalue weighted by atomic mass is 10.2. The van der Waals surface area contributed by atoms with E-state index < -0.39 is 12.0 Å². The Labute approximate surface area is 115 Å². The van der Waals surface area contributed by atoms with Crippen molar-refractivity contribution in [2.24, 2.45) is 0 Å². The Kier molecular flexibility index (Phi) is 6.65. The molecule has 1 heterocycles. The van der Waals surface area contributed by atoms with E-state index in [0.29, 0.717) is 13.1 Å². The molecule has 0 aliphatic carbocycles. The fourth-order valence-corrected chi connectivity index (χ4v) is 2.48. The van der Waals surface area contributed by atoms with Crippen molar-refractivity contribution >= 4 is 28.9 Å². The first-order valence-electron chi connectivity index (χ1n) is 5.97. The zero-order valence-electron chi connectivity index (χ0n) is 10.8. The Balaban J connectivity index is 2.31. The summed E-state index contributed by atoms with van der Waals surface area (Å²) in [6.07, 6.45) is 0.332. The summed E-state index contributed by atoms with van der Waals surface area (Å²) in [6, 6.07) is -0.948. The zero-order chi connectivity index (χ0) is 14.3. The Morgan fingerprint density at radius 2 is 2.32 bits per heavy atom. The third-order valence-corrected chi connectivity index (χ3v) is 3.59. The average Bonchev–Trinajstić information content (AvgIpc) is 2.77. The zero-order valence-corrected chi connectivity index (χ0v) is 11.6. The molecule has 2 amide bonds. The Bertz CT molecular complexity index is 350. The van der Waals surface area contributed by atoms with Crippen molar-refractivity contribution in [3.63, 3.8) is 0 Å². The molecule has 0 aromatic carbocycles. The number of rotatable bonds is 8. The van der Waals surface area contributed by atoms with E-state index in [4.69, 9.17) is 9.84 Å². The summed E-state index contributed by atoms with van der Waals surface area (Å²) in [5, 5.41) is 11.3. The molecule has 1 rings (SSSR count). The van der Waals surface area contributed by atoms with E-state index in [-0.39, 0.29) is 30.6 Å². The molecule has 8 heteroatoms. The summed E-state index contributed by atoms with van der Waals surface area (Å²) in [6.45, 7) is 1.23. The molecule has 1 aliphatic heterocycles. The highest BCUT2D eigenvalue weighted by molar-refractivity contribution is 8.13. The molecule has 1 fully saturated rings. The molecule has 108 valence electrons. The molecule has 0 spiro atoms. The van der Waals surface area contributed by atoms with E-state index in [2.05, 4.69) is 5.32 Å². The van der Waals surface area contributed by atoms with Gasteiger partial charge in [-0.25, -0.2) is 4.79 Å². The second-order valence-electron chi connectivity index (χ2n) is 4.09. The molecule has 19 heavy (non-hydrogen) atoms. The minimum absolute atomic E-state index is 0.0260. The number of carbonyl (C=O) groups is 3. The van der Waals surface area contributed by atoms with Gasteiger partial charge in [0.2, 0.25) is 5.91 Å². The molecule has 7 nitrogen and oxygen atoms in total. The number of hydrogen-bond acceptors (Lipinski definition) is 5. The molecular weight excluding hydrogens is 272 g/mol. The van der Waals surface area contributed by atoms with Gasteiger partial charge in [-0.1, -0.05) is 11.8 Å². The lowest BCUT2D eigenvalue weighted by molar-refractivity contribution is -0.142. The van der Waals surface area contributed by atoms with Crippen molar-refractivity contribution < 1.29 is 24.2 Å². The van der Waals surface area contributed by atoms with Crippen LogP contribution in [0.1, 0.15) is 12.8 Å². The number of nitrogens with zero attached hydrogens (tertiary/aromatic N) is 1. The number of carboxylic acids is 1. The van der Waals surface area contributed by atoms with Crippen molar-refractivity contribution in [3.8, 4) is 0 Å². The molecule has 1 saturated heterocycles. The maximum atomic E-state index is 11.6. The first-order chi connectivity index (χ1) is 9.04. The van der Waals surface area contributed by atoms with Crippen LogP contribution in [0.25, 0.3) is 0 Å². The molecule has 1 atom stereocenters. The smallest absolute Gasteiger partial charge is 0.326 e. The number of carbonyl (C=O) groups excluding carboxylic acids is 2. The van der Waals surface area contributed by atoms with E-state index in [9.17, 15) is 14.4 Å². The first-order valence-corrected chi connectivity index (χ1v) is 6.96. The van der Waals surface area contributed by atoms with E-state index in [1.54, 1.807) is 4.90 Å². The summed E-state index contributed by atoms with van der Waals surface area (Å²) < 4.78 is 4.79. The van der Waals surface area contributed by atoms with Crippen LogP contribution in [0, 0.1) is 0 Å². The molecule has 0 saturated carbocycles. The van der Waals surface area contributed by atoms with Crippen LogP contribution in [0.2, 0.25) is 0 Å². The Morgan fingerprint density at radius 1 is 1.58 bits per heavy atom. The SMILES string of the molecule is COCCC(NC(=O)CCN1CCSC1=O)C(=O)O. The highest BCUT2D eigenvalue weighted by atomic mass is 32.2. The second kappa shape index (κ2) is 8.00. The van der Waals surface area contributed by atoms with E-state index >= 15 is 0 Å². The van der Waals surface area contributed by atoms with Gasteiger partial charge in [0.1, 0.15) is 6.04 Å². The van der Waals surface area contributed by atoms with Crippen LogP contribution < -0.4 is 5.32 Å². The maximum Gasteiger partial charge on any atom is 0.326 e. The van der Waals surface area contributed by atoms with Crippen molar-refractivity contribution in [3.05, 3.63) is 0 Å². The van der Waals surface area contributed by atoms with Crippen molar-refractivity contribution in [2.75, 3.05) is 32.6 Å². The number of methoxy groups -OCH3 is 1. The van der Waals surface area contributed by atoms with Crippen LogP contribution in [0.4, 0.5) is 4.79 Å². The number of nitrogens with one attached hydrogen (secondary N) is 1. The second-order valence-corrected chi connectivity index (χ2v) is 5.14. The number of aliphatic carboxylic acids is 1. The van der Waals surface area contributed by atoms with Gasteiger partial charge in [-0.15, -0.1) is 0 Å². The van der Waals surface area contributed by atoms with Crippen LogP contribution in [0.3, 0.4) is 0 Å². The normalized spacial score (nSPS) is 16.5. The highest BCUT2D eigenvalue weighted by Gasteiger charge is 2.23. The Hall–Kier alpha value is -1.28. The quantitative estimate of drug-likeness (QED) is 0.660. The summed E-state index contributed by atoms with van der Waals surface area (Å²) in [7, 11) is 1.47. The fraction of sp³-hybridized carbons (Fsp3) is 0.727. The number of hydrogen-bond donors (Lipinski definition) is 2. The summed E-state index contributed by atoms with van der Waals surface area (Å²) in [5.74, 6) is -0.710. The van der Waals surface area contributed by atoms with Crippen LogP contribution >= 0.6 is 11.8 Å². The van der Waals surface area contributed by atoms with Gasteiger partial charge >= 0.3 is 5.97 Å². The van der Waals surface area contributed by atoms with Gasteiger partial charge in [0.05, 0.1) is 0 Å². The average molecular weight is 290 g/mol. The van der Waals surface area contributed by atoms with Crippen LogP contribution in [-0.4, -0.2) is 65.7 Å². The highest BCUT2D eigenvalue weighted by Crippen LogP contribution is 2.16. The van der Waals surface area contributed by atoms with Gasteiger partial charge < -0.3 is 20.1 Å². The van der Waals surface area contributed by atoms with Gasteiger partial charge in [-0.05, 0) is 0 Å².